The fraction of sp³-hybridized carbons (Fsp3) is 0.708. The quantitative estimate of drug-likeness (QED) is 0.382. The molecule has 1 aromatic carbocycles. The minimum Gasteiger partial charge on any atom is -0.389 e. The number of benzene rings is 1. The maximum absolute atomic E-state index is 13.4. The van der Waals surface area contributed by atoms with Crippen molar-refractivity contribution in [3.8, 4) is 0 Å². The summed E-state index contributed by atoms with van der Waals surface area (Å²) in [6.07, 6.45) is -5.39. The molecule has 8 nitrogen and oxygen atoms in total. The van der Waals surface area contributed by atoms with Crippen molar-refractivity contribution >= 4 is 5.91 Å². The van der Waals surface area contributed by atoms with Crippen molar-refractivity contribution in [2.45, 2.75) is 24.6 Å². The van der Waals surface area contributed by atoms with Gasteiger partial charge in [-0.05, 0) is 24.3 Å². The van der Waals surface area contributed by atoms with Crippen LogP contribution >= 0.6 is 0 Å². The van der Waals surface area contributed by atoms with Crippen LogP contribution in [0.5, 0.6) is 0 Å². The van der Waals surface area contributed by atoms with Crippen LogP contribution < -0.4 is 0 Å². The van der Waals surface area contributed by atoms with Crippen LogP contribution in [0.3, 0.4) is 0 Å². The van der Waals surface area contributed by atoms with Crippen LogP contribution in [0.2, 0.25) is 0 Å². The molecule has 2 saturated heterocycles. The number of carbonyl (C=O) groups excluding carboxylic acids is 1. The number of hydrogen-bond donors (Lipinski definition) is 1. The van der Waals surface area contributed by atoms with Gasteiger partial charge in [0.05, 0.1) is 38.6 Å². The molecule has 13 heteroatoms. The molecule has 2 aliphatic heterocycles. The van der Waals surface area contributed by atoms with E-state index in [0.717, 1.165) is 13.1 Å². The van der Waals surface area contributed by atoms with Gasteiger partial charge in [-0.25, -0.2) is 13.2 Å². The van der Waals surface area contributed by atoms with Crippen molar-refractivity contribution in [2.75, 3.05) is 85.4 Å². The normalized spacial score (nSPS) is 20.8. The molecule has 0 spiro atoms. The number of ether oxygens (including phenoxy) is 3. The third kappa shape index (κ3) is 9.73. The lowest BCUT2D eigenvalue weighted by Gasteiger charge is -2.37. The Balaban J connectivity index is 1.53. The van der Waals surface area contributed by atoms with Gasteiger partial charge in [-0.2, -0.15) is 8.78 Å². The van der Waals surface area contributed by atoms with Crippen molar-refractivity contribution in [1.29, 1.82) is 0 Å². The maximum Gasteiger partial charge on any atom is 0.330 e. The van der Waals surface area contributed by atoms with Crippen LogP contribution in [0.4, 0.5) is 22.0 Å². The van der Waals surface area contributed by atoms with E-state index < -0.39 is 37.5 Å². The summed E-state index contributed by atoms with van der Waals surface area (Å²) < 4.78 is 79.6. The largest absolute Gasteiger partial charge is 0.389 e. The first-order valence-corrected chi connectivity index (χ1v) is 12.2. The van der Waals surface area contributed by atoms with Gasteiger partial charge < -0.3 is 24.2 Å². The molecule has 2 unspecified atom stereocenters. The van der Waals surface area contributed by atoms with Crippen molar-refractivity contribution in [1.82, 2.24) is 14.7 Å². The van der Waals surface area contributed by atoms with Gasteiger partial charge >= 0.3 is 12.3 Å². The summed E-state index contributed by atoms with van der Waals surface area (Å²) in [6, 6.07) is 5.32. The fourth-order valence-electron chi connectivity index (χ4n) is 4.18. The second kappa shape index (κ2) is 14.3. The van der Waals surface area contributed by atoms with E-state index in [4.69, 9.17) is 9.47 Å². The number of carbonyl (C=O) groups is 1. The van der Waals surface area contributed by atoms with Gasteiger partial charge in [-0.3, -0.25) is 14.6 Å². The first kappa shape index (κ1) is 29.7. The number of rotatable bonds is 13. The molecule has 0 radical (unpaired) electrons. The highest BCUT2D eigenvalue weighted by atomic mass is 19.3. The molecule has 1 amide bonds. The Morgan fingerprint density at radius 1 is 1.14 bits per heavy atom. The van der Waals surface area contributed by atoms with Crippen LogP contribution in [0.1, 0.15) is 10.4 Å². The lowest BCUT2D eigenvalue weighted by molar-refractivity contribution is -0.171. The molecule has 3 rings (SSSR count). The monoisotopic (exact) mass is 539 g/mol. The van der Waals surface area contributed by atoms with Gasteiger partial charge in [-0.15, -0.1) is 0 Å². The van der Waals surface area contributed by atoms with Crippen LogP contribution in [0.15, 0.2) is 24.3 Å². The fourth-order valence-corrected chi connectivity index (χ4v) is 4.18. The van der Waals surface area contributed by atoms with E-state index in [1.807, 2.05) is 4.90 Å². The molecule has 2 atom stereocenters. The third-order valence-electron chi connectivity index (χ3n) is 6.21. The molecule has 37 heavy (non-hydrogen) atoms. The molecular weight excluding hydrogens is 505 g/mol. The smallest absolute Gasteiger partial charge is 0.330 e. The lowest BCUT2D eigenvalue weighted by atomic mass is 10.1. The first-order chi connectivity index (χ1) is 17.6. The molecular formula is C24H34F5N3O5. The second-order valence-corrected chi connectivity index (χ2v) is 9.20. The molecule has 0 saturated carbocycles. The van der Waals surface area contributed by atoms with Gasteiger partial charge in [0.15, 0.2) is 0 Å². The van der Waals surface area contributed by atoms with Crippen LogP contribution in [-0.2, 0) is 14.2 Å². The van der Waals surface area contributed by atoms with Crippen molar-refractivity contribution in [2.24, 2.45) is 0 Å². The van der Waals surface area contributed by atoms with E-state index in [2.05, 4.69) is 9.64 Å². The van der Waals surface area contributed by atoms with Crippen molar-refractivity contribution in [3.63, 3.8) is 0 Å². The Morgan fingerprint density at radius 2 is 1.81 bits per heavy atom. The number of nitrogens with zero attached hydrogens (tertiary/aromatic N) is 3. The molecule has 210 valence electrons. The summed E-state index contributed by atoms with van der Waals surface area (Å²) in [5.74, 6) is -4.98. The third-order valence-corrected chi connectivity index (χ3v) is 6.21. The van der Waals surface area contributed by atoms with Gasteiger partial charge in [0.1, 0.15) is 12.4 Å². The topological polar surface area (TPSA) is 74.7 Å². The zero-order valence-electron chi connectivity index (χ0n) is 20.5. The van der Waals surface area contributed by atoms with Gasteiger partial charge in [0.25, 0.3) is 5.91 Å². The van der Waals surface area contributed by atoms with Gasteiger partial charge in [0.2, 0.25) is 0 Å². The van der Waals surface area contributed by atoms with E-state index in [9.17, 15) is 31.9 Å². The number of aliphatic hydroxyl groups is 1. The molecule has 1 aromatic rings. The predicted octanol–water partition coefficient (Wildman–Crippen LogP) is 1.58. The molecule has 0 bridgehead atoms. The Hall–Kier alpha value is -1.90. The second-order valence-electron chi connectivity index (χ2n) is 9.20. The summed E-state index contributed by atoms with van der Waals surface area (Å²) in [7, 11) is 0. The van der Waals surface area contributed by atoms with E-state index >= 15 is 0 Å². The minimum atomic E-state index is -4.27. The number of alkyl halides is 4. The molecule has 0 aromatic heterocycles. The molecule has 2 aliphatic rings. The highest BCUT2D eigenvalue weighted by Crippen LogP contribution is 2.23. The van der Waals surface area contributed by atoms with E-state index in [0.29, 0.717) is 51.6 Å². The highest BCUT2D eigenvalue weighted by molar-refractivity contribution is 5.94. The zero-order valence-corrected chi connectivity index (χ0v) is 20.5. The maximum atomic E-state index is 13.4. The minimum absolute atomic E-state index is 0.0692. The van der Waals surface area contributed by atoms with Crippen LogP contribution in [0, 0.1) is 5.82 Å². The number of aliphatic hydroxyl groups excluding tert-OH is 1. The van der Waals surface area contributed by atoms with Gasteiger partial charge in [0, 0.05) is 57.9 Å². The molecule has 2 heterocycles. The average molecular weight is 540 g/mol. The molecule has 1 N–H and O–H groups in total. The summed E-state index contributed by atoms with van der Waals surface area (Å²) in [6.45, 7) is 3.29. The highest BCUT2D eigenvalue weighted by Gasteiger charge is 2.41. The molecule has 2 fully saturated rings. The Bertz CT molecular complexity index is 829. The number of halogens is 5. The summed E-state index contributed by atoms with van der Waals surface area (Å²) >= 11 is 0. The molecule has 0 aliphatic carbocycles. The van der Waals surface area contributed by atoms with Crippen molar-refractivity contribution in [3.05, 3.63) is 35.6 Å². The van der Waals surface area contributed by atoms with E-state index in [1.165, 1.54) is 24.3 Å². The Kier molecular flexibility index (Phi) is 11.5. The summed E-state index contributed by atoms with van der Waals surface area (Å²) in [5.41, 5.74) is 0.351. The van der Waals surface area contributed by atoms with Crippen LogP contribution in [-0.4, -0.2) is 136 Å². The lowest BCUT2D eigenvalue weighted by Crippen LogP contribution is -2.52. The standard InChI is InChI=1S/C24H34F5N3O5/c25-19-3-1-18(2-4-19)22(34)32(6-5-30-7-10-35-11-8-30)15-21-14-31(9-12-37-21)13-20(33)16-36-17-24(28,29)23(26)27/h1-4,20-21,23,33H,5-17H2. The van der Waals surface area contributed by atoms with Crippen molar-refractivity contribution < 1.29 is 46.1 Å². The Labute approximate surface area is 212 Å². The summed E-state index contributed by atoms with van der Waals surface area (Å²) in [5, 5.41) is 10.1. The van der Waals surface area contributed by atoms with Crippen LogP contribution in [0.25, 0.3) is 0 Å². The number of morpholine rings is 2. The predicted molar refractivity (Wildman–Crippen MR) is 124 cm³/mol. The average Bonchev–Trinajstić information content (AvgIpc) is 2.87. The first-order valence-electron chi connectivity index (χ1n) is 12.2. The zero-order chi connectivity index (χ0) is 26.8. The van der Waals surface area contributed by atoms with Gasteiger partial charge in [-0.1, -0.05) is 0 Å². The number of amides is 1. The van der Waals surface area contributed by atoms with E-state index in [-0.39, 0.29) is 25.1 Å². The Morgan fingerprint density at radius 3 is 2.49 bits per heavy atom. The number of β-amino-alcohol motifs (C(OH)–C–C–N with tert-alkyl or cyclic N) is 1. The number of hydrogen-bond acceptors (Lipinski definition) is 7. The summed E-state index contributed by atoms with van der Waals surface area (Å²) in [4.78, 5) is 18.9. The van der Waals surface area contributed by atoms with E-state index in [1.54, 1.807) is 4.90 Å². The SMILES string of the molecule is O=C(c1ccc(F)cc1)N(CCN1CCOCC1)CC1CN(CC(O)COCC(F)(F)C(F)F)CCO1.